The first-order valence-corrected chi connectivity index (χ1v) is 6.77. The number of pyridine rings is 1. The summed E-state index contributed by atoms with van der Waals surface area (Å²) in [6, 6.07) is 4.51. The Labute approximate surface area is 108 Å². The second-order valence-corrected chi connectivity index (χ2v) is 5.20. The van der Waals surface area contributed by atoms with Crippen LogP contribution in [0.5, 0.6) is 0 Å². The third-order valence-corrected chi connectivity index (χ3v) is 4.03. The highest BCUT2D eigenvalue weighted by molar-refractivity contribution is 5.74. The van der Waals surface area contributed by atoms with Crippen LogP contribution in [0.1, 0.15) is 29.6 Å². The molecule has 3 rings (SSSR count). The smallest absolute Gasteiger partial charge is 0.151 e. The Kier molecular flexibility index (Phi) is 3.28. The standard InChI is InChI=1S/C14H19N3O/c18-11-12-4-5-14(15-9-12)17-8-2-7-16-6-1-3-13(16)10-17/h4-5,9,11,13H,1-3,6-8,10H2. The molecule has 3 heterocycles. The lowest BCUT2D eigenvalue weighted by Gasteiger charge is -2.26. The van der Waals surface area contributed by atoms with Gasteiger partial charge in [0.2, 0.25) is 0 Å². The molecule has 0 aliphatic carbocycles. The van der Waals surface area contributed by atoms with Gasteiger partial charge in [-0.3, -0.25) is 9.69 Å². The first-order chi connectivity index (χ1) is 8.86. The van der Waals surface area contributed by atoms with Crippen LogP contribution < -0.4 is 4.90 Å². The van der Waals surface area contributed by atoms with Gasteiger partial charge in [0, 0.05) is 37.4 Å². The molecule has 2 saturated heterocycles. The normalized spacial score (nSPS) is 24.7. The highest BCUT2D eigenvalue weighted by Gasteiger charge is 2.28. The summed E-state index contributed by atoms with van der Waals surface area (Å²) in [4.78, 5) is 20.0. The molecule has 1 aromatic heterocycles. The van der Waals surface area contributed by atoms with Gasteiger partial charge in [-0.25, -0.2) is 4.98 Å². The molecule has 0 N–H and O–H groups in total. The van der Waals surface area contributed by atoms with Gasteiger partial charge < -0.3 is 4.90 Å². The molecule has 1 unspecified atom stereocenters. The SMILES string of the molecule is O=Cc1ccc(N2CCCN3CCCC3C2)nc1. The number of hydrogen-bond donors (Lipinski definition) is 0. The number of aldehydes is 1. The fraction of sp³-hybridized carbons (Fsp3) is 0.571. The molecule has 2 aliphatic heterocycles. The average Bonchev–Trinajstić information content (AvgIpc) is 2.76. The van der Waals surface area contributed by atoms with E-state index in [1.165, 1.54) is 32.4 Å². The van der Waals surface area contributed by atoms with Crippen LogP contribution in [0.4, 0.5) is 5.82 Å². The van der Waals surface area contributed by atoms with E-state index >= 15 is 0 Å². The molecule has 0 aromatic carbocycles. The van der Waals surface area contributed by atoms with E-state index in [0.717, 1.165) is 25.2 Å². The van der Waals surface area contributed by atoms with E-state index < -0.39 is 0 Å². The van der Waals surface area contributed by atoms with E-state index in [0.29, 0.717) is 11.6 Å². The lowest BCUT2D eigenvalue weighted by Crippen LogP contribution is -2.36. The number of hydrogen-bond acceptors (Lipinski definition) is 4. The summed E-state index contributed by atoms with van der Waals surface area (Å²) >= 11 is 0. The Hall–Kier alpha value is -1.42. The van der Waals surface area contributed by atoms with Crippen molar-refractivity contribution < 1.29 is 4.79 Å². The Morgan fingerprint density at radius 3 is 2.89 bits per heavy atom. The predicted molar refractivity (Wildman–Crippen MR) is 71.0 cm³/mol. The molecule has 0 amide bonds. The van der Waals surface area contributed by atoms with Crippen molar-refractivity contribution in [3.05, 3.63) is 23.9 Å². The van der Waals surface area contributed by atoms with E-state index in [1.807, 2.05) is 12.1 Å². The molecule has 18 heavy (non-hydrogen) atoms. The second-order valence-electron chi connectivity index (χ2n) is 5.20. The van der Waals surface area contributed by atoms with E-state index in [9.17, 15) is 4.79 Å². The summed E-state index contributed by atoms with van der Waals surface area (Å²) < 4.78 is 0. The van der Waals surface area contributed by atoms with Crippen LogP contribution in [0.3, 0.4) is 0 Å². The zero-order valence-corrected chi connectivity index (χ0v) is 10.6. The summed E-state index contributed by atoms with van der Waals surface area (Å²) in [7, 11) is 0. The maximum absolute atomic E-state index is 10.6. The van der Waals surface area contributed by atoms with Crippen molar-refractivity contribution in [3.8, 4) is 0 Å². The van der Waals surface area contributed by atoms with Crippen LogP contribution in [0.25, 0.3) is 0 Å². The highest BCUT2D eigenvalue weighted by Crippen LogP contribution is 2.23. The third-order valence-electron chi connectivity index (χ3n) is 4.03. The molecule has 0 spiro atoms. The zero-order chi connectivity index (χ0) is 12.4. The number of aromatic nitrogens is 1. The lowest BCUT2D eigenvalue weighted by molar-refractivity contribution is 0.112. The minimum Gasteiger partial charge on any atom is -0.355 e. The Balaban J connectivity index is 1.75. The summed E-state index contributed by atoms with van der Waals surface area (Å²) in [5, 5.41) is 0. The van der Waals surface area contributed by atoms with Gasteiger partial charge in [-0.1, -0.05) is 0 Å². The quantitative estimate of drug-likeness (QED) is 0.741. The molecule has 0 bridgehead atoms. The second kappa shape index (κ2) is 5.06. The van der Waals surface area contributed by atoms with Crippen LogP contribution in [0, 0.1) is 0 Å². The van der Waals surface area contributed by atoms with Gasteiger partial charge >= 0.3 is 0 Å². The molecule has 4 heteroatoms. The Morgan fingerprint density at radius 1 is 1.22 bits per heavy atom. The molecule has 2 aliphatic rings. The van der Waals surface area contributed by atoms with Crippen LogP contribution in [0.2, 0.25) is 0 Å². The zero-order valence-electron chi connectivity index (χ0n) is 10.6. The van der Waals surface area contributed by atoms with Crippen molar-refractivity contribution in [1.29, 1.82) is 0 Å². The van der Waals surface area contributed by atoms with Crippen LogP contribution in [-0.2, 0) is 0 Å². The first kappa shape index (κ1) is 11.7. The van der Waals surface area contributed by atoms with Gasteiger partial charge in [0.25, 0.3) is 0 Å². The minimum absolute atomic E-state index is 0.649. The average molecular weight is 245 g/mol. The van der Waals surface area contributed by atoms with E-state index in [4.69, 9.17) is 0 Å². The number of carbonyl (C=O) groups is 1. The monoisotopic (exact) mass is 245 g/mol. The number of nitrogens with zero attached hydrogens (tertiary/aromatic N) is 3. The van der Waals surface area contributed by atoms with Gasteiger partial charge in [-0.05, 0) is 37.9 Å². The summed E-state index contributed by atoms with van der Waals surface area (Å²) in [6.45, 7) is 4.62. The largest absolute Gasteiger partial charge is 0.355 e. The summed E-state index contributed by atoms with van der Waals surface area (Å²) in [6.07, 6.45) is 6.35. The van der Waals surface area contributed by atoms with Crippen molar-refractivity contribution in [1.82, 2.24) is 9.88 Å². The molecule has 0 saturated carbocycles. The van der Waals surface area contributed by atoms with Gasteiger partial charge in [0.1, 0.15) is 5.82 Å². The highest BCUT2D eigenvalue weighted by atomic mass is 16.1. The van der Waals surface area contributed by atoms with Gasteiger partial charge in [0.05, 0.1) is 0 Å². The maximum atomic E-state index is 10.6. The Morgan fingerprint density at radius 2 is 2.11 bits per heavy atom. The van der Waals surface area contributed by atoms with Crippen LogP contribution in [-0.4, -0.2) is 48.4 Å². The maximum Gasteiger partial charge on any atom is 0.151 e. The topological polar surface area (TPSA) is 36.4 Å². The molecular weight excluding hydrogens is 226 g/mol. The summed E-state index contributed by atoms with van der Waals surface area (Å²) in [5.41, 5.74) is 0.649. The fourth-order valence-electron chi connectivity index (χ4n) is 3.07. The van der Waals surface area contributed by atoms with Gasteiger partial charge in [0.15, 0.2) is 6.29 Å². The van der Waals surface area contributed by atoms with Crippen molar-refractivity contribution in [3.63, 3.8) is 0 Å². The minimum atomic E-state index is 0.649. The van der Waals surface area contributed by atoms with Crippen LogP contribution >= 0.6 is 0 Å². The molecular formula is C14H19N3O. The van der Waals surface area contributed by atoms with Gasteiger partial charge in [-0.2, -0.15) is 0 Å². The van der Waals surface area contributed by atoms with E-state index in [-0.39, 0.29) is 0 Å². The fourth-order valence-corrected chi connectivity index (χ4v) is 3.07. The lowest BCUT2D eigenvalue weighted by atomic mass is 10.2. The van der Waals surface area contributed by atoms with Crippen LogP contribution in [0.15, 0.2) is 18.3 Å². The first-order valence-electron chi connectivity index (χ1n) is 6.77. The van der Waals surface area contributed by atoms with E-state index in [1.54, 1.807) is 6.20 Å². The van der Waals surface area contributed by atoms with Crippen molar-refractivity contribution in [2.24, 2.45) is 0 Å². The van der Waals surface area contributed by atoms with Crippen molar-refractivity contribution >= 4 is 12.1 Å². The molecule has 1 aromatic rings. The Bertz CT molecular complexity index is 418. The van der Waals surface area contributed by atoms with Crippen molar-refractivity contribution in [2.75, 3.05) is 31.1 Å². The molecule has 2 fully saturated rings. The number of fused-ring (bicyclic) bond motifs is 1. The van der Waals surface area contributed by atoms with E-state index in [2.05, 4.69) is 14.8 Å². The molecule has 4 nitrogen and oxygen atoms in total. The molecule has 1 atom stereocenters. The number of rotatable bonds is 2. The predicted octanol–water partition coefficient (Wildman–Crippen LogP) is 1.57. The molecule has 0 radical (unpaired) electrons. The number of anilines is 1. The molecule has 96 valence electrons. The van der Waals surface area contributed by atoms with Crippen molar-refractivity contribution in [2.45, 2.75) is 25.3 Å². The number of carbonyl (C=O) groups excluding carboxylic acids is 1. The third kappa shape index (κ3) is 2.25. The van der Waals surface area contributed by atoms with Gasteiger partial charge in [-0.15, -0.1) is 0 Å². The summed E-state index contributed by atoms with van der Waals surface area (Å²) in [5.74, 6) is 1.01.